The second-order valence-electron chi connectivity index (χ2n) is 7.30. The van der Waals surface area contributed by atoms with Crippen LogP contribution in [0.25, 0.3) is 0 Å². The SMILES string of the molecule is Cc1nc(S[C@H](C)C(=O)Nc2ccc([N+](=O)[O-])cc2C(F)(F)F)n(CC(C)C)c1C. The molecule has 0 aliphatic heterocycles. The maximum absolute atomic E-state index is 13.3. The number of nitro groups is 1. The minimum atomic E-state index is -4.85. The van der Waals surface area contributed by atoms with E-state index in [2.05, 4.69) is 10.3 Å². The van der Waals surface area contributed by atoms with Crippen LogP contribution in [-0.2, 0) is 17.5 Å². The molecule has 0 saturated heterocycles. The molecule has 0 fully saturated rings. The number of carbonyl (C=O) groups is 1. The monoisotopic (exact) mass is 444 g/mol. The smallest absolute Gasteiger partial charge is 0.325 e. The first-order chi connectivity index (χ1) is 13.8. The molecule has 7 nitrogen and oxygen atoms in total. The van der Waals surface area contributed by atoms with Gasteiger partial charge in [-0.15, -0.1) is 0 Å². The summed E-state index contributed by atoms with van der Waals surface area (Å²) in [6.07, 6.45) is -4.85. The van der Waals surface area contributed by atoms with Crippen LogP contribution in [0.15, 0.2) is 23.4 Å². The predicted octanol–water partition coefficient (Wildman–Crippen LogP) is 5.20. The summed E-state index contributed by atoms with van der Waals surface area (Å²) in [4.78, 5) is 26.9. The van der Waals surface area contributed by atoms with E-state index < -0.39 is 39.2 Å². The Morgan fingerprint density at radius 2 is 1.93 bits per heavy atom. The van der Waals surface area contributed by atoms with E-state index in [1.54, 1.807) is 6.92 Å². The van der Waals surface area contributed by atoms with Crippen molar-refractivity contribution in [1.29, 1.82) is 0 Å². The lowest BCUT2D eigenvalue weighted by atomic mass is 10.1. The Morgan fingerprint density at radius 3 is 2.47 bits per heavy atom. The van der Waals surface area contributed by atoms with E-state index in [0.29, 0.717) is 23.7 Å². The third-order valence-electron chi connectivity index (χ3n) is 4.40. The van der Waals surface area contributed by atoms with Gasteiger partial charge in [-0.25, -0.2) is 4.98 Å². The summed E-state index contributed by atoms with van der Waals surface area (Å²) < 4.78 is 41.9. The lowest BCUT2D eigenvalue weighted by Crippen LogP contribution is -2.25. The van der Waals surface area contributed by atoms with Gasteiger partial charge in [0.25, 0.3) is 5.69 Å². The summed E-state index contributed by atoms with van der Waals surface area (Å²) in [5.74, 6) is -0.316. The summed E-state index contributed by atoms with van der Waals surface area (Å²) in [5, 5.41) is 12.9. The third kappa shape index (κ3) is 5.53. The first-order valence-corrected chi connectivity index (χ1v) is 10.1. The second kappa shape index (κ2) is 9.07. The molecule has 0 radical (unpaired) electrons. The number of carbonyl (C=O) groups excluding carboxylic acids is 1. The molecule has 0 aliphatic carbocycles. The minimum Gasteiger partial charge on any atom is -0.325 e. The van der Waals surface area contributed by atoms with Gasteiger partial charge in [0.2, 0.25) is 5.91 Å². The number of nitrogens with one attached hydrogen (secondary N) is 1. The van der Waals surface area contributed by atoms with Crippen molar-refractivity contribution < 1.29 is 22.9 Å². The average Bonchev–Trinajstić information content (AvgIpc) is 2.87. The molecule has 11 heteroatoms. The van der Waals surface area contributed by atoms with Crippen LogP contribution < -0.4 is 5.32 Å². The third-order valence-corrected chi connectivity index (χ3v) is 5.49. The van der Waals surface area contributed by atoms with Crippen molar-refractivity contribution in [3.8, 4) is 0 Å². The molecule has 0 bridgehead atoms. The van der Waals surface area contributed by atoms with E-state index >= 15 is 0 Å². The normalized spacial score (nSPS) is 12.8. The molecule has 30 heavy (non-hydrogen) atoms. The molecule has 2 aromatic rings. The van der Waals surface area contributed by atoms with Crippen LogP contribution in [0, 0.1) is 29.9 Å². The number of alkyl halides is 3. The number of amides is 1. The minimum absolute atomic E-state index is 0.343. The van der Waals surface area contributed by atoms with Gasteiger partial charge >= 0.3 is 6.18 Å². The second-order valence-corrected chi connectivity index (χ2v) is 8.61. The molecule has 1 atom stereocenters. The number of aryl methyl sites for hydroxylation is 1. The molecule has 0 aliphatic rings. The molecule has 1 amide bonds. The number of anilines is 1. The number of benzene rings is 1. The highest BCUT2D eigenvalue weighted by Crippen LogP contribution is 2.37. The summed E-state index contributed by atoms with van der Waals surface area (Å²) >= 11 is 1.15. The first kappa shape index (κ1) is 23.7. The summed E-state index contributed by atoms with van der Waals surface area (Å²) in [6.45, 7) is 10.1. The number of halogens is 3. The number of nitro benzene ring substituents is 1. The van der Waals surface area contributed by atoms with E-state index in [-0.39, 0.29) is 0 Å². The molecule has 2 rings (SSSR count). The van der Waals surface area contributed by atoms with Gasteiger partial charge in [0.15, 0.2) is 5.16 Å². The lowest BCUT2D eigenvalue weighted by Gasteiger charge is -2.17. The molecule has 1 heterocycles. The van der Waals surface area contributed by atoms with E-state index in [4.69, 9.17) is 0 Å². The first-order valence-electron chi connectivity index (χ1n) is 9.18. The zero-order chi connectivity index (χ0) is 22.8. The predicted molar refractivity (Wildman–Crippen MR) is 109 cm³/mol. The van der Waals surface area contributed by atoms with E-state index in [0.717, 1.165) is 35.3 Å². The van der Waals surface area contributed by atoms with Crippen molar-refractivity contribution in [2.45, 2.75) is 57.7 Å². The van der Waals surface area contributed by atoms with Gasteiger partial charge in [0.05, 0.1) is 27.1 Å². The molecule has 0 saturated carbocycles. The van der Waals surface area contributed by atoms with Crippen LogP contribution in [0.3, 0.4) is 0 Å². The number of hydrogen-bond donors (Lipinski definition) is 1. The zero-order valence-corrected chi connectivity index (χ0v) is 18.0. The number of rotatable bonds is 7. The topological polar surface area (TPSA) is 90.1 Å². The molecular formula is C19H23F3N4O3S. The fraction of sp³-hybridized carbons (Fsp3) is 0.474. The number of imidazole rings is 1. The summed E-state index contributed by atoms with van der Waals surface area (Å²) in [6, 6.07) is 2.23. The van der Waals surface area contributed by atoms with E-state index in [9.17, 15) is 28.1 Å². The van der Waals surface area contributed by atoms with Crippen molar-refractivity contribution >= 4 is 29.0 Å². The van der Waals surface area contributed by atoms with Gasteiger partial charge < -0.3 is 9.88 Å². The average molecular weight is 444 g/mol. The fourth-order valence-electron chi connectivity index (χ4n) is 2.73. The number of non-ortho nitro benzene ring substituents is 1. The largest absolute Gasteiger partial charge is 0.418 e. The van der Waals surface area contributed by atoms with Crippen molar-refractivity contribution in [1.82, 2.24) is 9.55 Å². The number of thioether (sulfide) groups is 1. The van der Waals surface area contributed by atoms with Crippen LogP contribution in [-0.4, -0.2) is 25.6 Å². The zero-order valence-electron chi connectivity index (χ0n) is 17.2. The lowest BCUT2D eigenvalue weighted by molar-refractivity contribution is -0.385. The maximum Gasteiger partial charge on any atom is 0.418 e. The number of nitrogens with zero attached hydrogens (tertiary/aromatic N) is 3. The van der Waals surface area contributed by atoms with E-state index in [1.165, 1.54) is 0 Å². The molecule has 1 aromatic heterocycles. The van der Waals surface area contributed by atoms with Gasteiger partial charge in [0, 0.05) is 24.4 Å². The van der Waals surface area contributed by atoms with Crippen LogP contribution in [0.1, 0.15) is 37.7 Å². The van der Waals surface area contributed by atoms with Gasteiger partial charge in [-0.3, -0.25) is 14.9 Å². The van der Waals surface area contributed by atoms with Gasteiger partial charge in [-0.05, 0) is 32.8 Å². The van der Waals surface area contributed by atoms with Crippen LogP contribution >= 0.6 is 11.8 Å². The van der Waals surface area contributed by atoms with Gasteiger partial charge in [0.1, 0.15) is 0 Å². The highest BCUT2D eigenvalue weighted by atomic mass is 32.2. The van der Waals surface area contributed by atoms with Gasteiger partial charge in [-0.2, -0.15) is 13.2 Å². The Balaban J connectivity index is 2.25. The van der Waals surface area contributed by atoms with Crippen LogP contribution in [0.4, 0.5) is 24.5 Å². The quantitative estimate of drug-likeness (QED) is 0.360. The highest BCUT2D eigenvalue weighted by Gasteiger charge is 2.36. The Hall–Kier alpha value is -2.56. The Kier molecular flexibility index (Phi) is 7.17. The molecule has 0 spiro atoms. The Labute approximate surface area is 176 Å². The summed E-state index contributed by atoms with van der Waals surface area (Å²) in [5.41, 5.74) is -0.711. The van der Waals surface area contributed by atoms with E-state index in [1.807, 2.05) is 32.3 Å². The molecule has 1 aromatic carbocycles. The molecule has 1 N–H and O–H groups in total. The summed E-state index contributed by atoms with van der Waals surface area (Å²) in [7, 11) is 0. The van der Waals surface area contributed by atoms with Crippen molar-refractivity contribution in [3.05, 3.63) is 45.3 Å². The highest BCUT2D eigenvalue weighted by molar-refractivity contribution is 8.00. The van der Waals surface area contributed by atoms with Crippen LogP contribution in [0.5, 0.6) is 0 Å². The van der Waals surface area contributed by atoms with Gasteiger partial charge in [-0.1, -0.05) is 25.6 Å². The Morgan fingerprint density at radius 1 is 1.30 bits per heavy atom. The molecular weight excluding hydrogens is 421 g/mol. The van der Waals surface area contributed by atoms with Crippen LogP contribution in [0.2, 0.25) is 0 Å². The molecule has 0 unspecified atom stereocenters. The number of hydrogen-bond acceptors (Lipinski definition) is 5. The fourth-order valence-corrected chi connectivity index (χ4v) is 3.74. The standard InChI is InChI=1S/C19H23F3N4O3S/c1-10(2)9-25-12(4)11(3)23-18(25)30-13(5)17(27)24-16-7-6-14(26(28)29)8-15(16)19(20,21)22/h6-8,10,13H,9H2,1-5H3,(H,24,27)/t13-/m1/s1. The number of aromatic nitrogens is 2. The van der Waals surface area contributed by atoms with Crippen molar-refractivity contribution in [3.63, 3.8) is 0 Å². The van der Waals surface area contributed by atoms with Crippen molar-refractivity contribution in [2.24, 2.45) is 5.92 Å². The maximum atomic E-state index is 13.3. The Bertz CT molecular complexity index is 957. The molecule has 164 valence electrons. The van der Waals surface area contributed by atoms with Crippen molar-refractivity contribution in [2.75, 3.05) is 5.32 Å².